The van der Waals surface area contributed by atoms with Crippen molar-refractivity contribution in [2.75, 3.05) is 7.05 Å². The maximum absolute atomic E-state index is 12.4. The number of benzene rings is 2. The summed E-state index contributed by atoms with van der Waals surface area (Å²) in [6.07, 6.45) is 0. The van der Waals surface area contributed by atoms with Crippen LogP contribution >= 0.6 is 11.3 Å². The lowest BCUT2D eigenvalue weighted by molar-refractivity contribution is 0.0754. The van der Waals surface area contributed by atoms with Crippen LogP contribution in [-0.4, -0.2) is 34.8 Å². The average molecular weight is 438 g/mol. The van der Waals surface area contributed by atoms with Gasteiger partial charge in [-0.3, -0.25) is 9.59 Å². The molecular formula is C24H27N3O3S. The van der Waals surface area contributed by atoms with Crippen molar-refractivity contribution in [2.45, 2.75) is 40.0 Å². The van der Waals surface area contributed by atoms with Crippen LogP contribution in [0, 0.1) is 6.92 Å². The normalized spacial score (nSPS) is 10.7. The predicted molar refractivity (Wildman–Crippen MR) is 122 cm³/mol. The molecule has 6 nitrogen and oxygen atoms in total. The molecule has 0 spiro atoms. The van der Waals surface area contributed by atoms with Gasteiger partial charge in [0.15, 0.2) is 0 Å². The first-order valence-corrected chi connectivity index (χ1v) is 11.0. The number of carbonyl (C=O) groups excluding carboxylic acids is 2. The van der Waals surface area contributed by atoms with Gasteiger partial charge in [-0.2, -0.15) is 0 Å². The lowest BCUT2D eigenvalue weighted by Gasteiger charge is -2.21. The van der Waals surface area contributed by atoms with Crippen molar-refractivity contribution in [3.8, 4) is 5.75 Å². The van der Waals surface area contributed by atoms with E-state index in [1.807, 2.05) is 38.3 Å². The van der Waals surface area contributed by atoms with Crippen LogP contribution in [0.1, 0.15) is 50.8 Å². The summed E-state index contributed by atoms with van der Waals surface area (Å²) in [5.74, 6) is 0.507. The summed E-state index contributed by atoms with van der Waals surface area (Å²) in [5.41, 5.74) is 3.01. The van der Waals surface area contributed by atoms with Gasteiger partial charge in [-0.1, -0.05) is 12.1 Å². The zero-order valence-corrected chi connectivity index (χ0v) is 19.0. The van der Waals surface area contributed by atoms with Crippen molar-refractivity contribution >= 4 is 23.2 Å². The zero-order chi connectivity index (χ0) is 22.4. The average Bonchev–Trinajstić information content (AvgIpc) is 3.20. The first-order chi connectivity index (χ1) is 14.8. The Kier molecular flexibility index (Phi) is 7.41. The number of nitrogens with one attached hydrogen (secondary N) is 1. The molecule has 1 heterocycles. The lowest BCUT2D eigenvalue weighted by Crippen LogP contribution is -2.32. The van der Waals surface area contributed by atoms with Gasteiger partial charge in [-0.05, 0) is 62.7 Å². The fourth-order valence-electron chi connectivity index (χ4n) is 2.82. The minimum Gasteiger partial charge on any atom is -0.487 e. The third kappa shape index (κ3) is 6.15. The summed E-state index contributed by atoms with van der Waals surface area (Å²) in [7, 11) is 1.79. The van der Waals surface area contributed by atoms with Gasteiger partial charge in [0.25, 0.3) is 11.8 Å². The molecule has 3 aromatic rings. The van der Waals surface area contributed by atoms with Crippen molar-refractivity contribution in [3.05, 3.63) is 81.3 Å². The highest BCUT2D eigenvalue weighted by Crippen LogP contribution is 2.16. The molecule has 1 N–H and O–H groups in total. The molecule has 0 fully saturated rings. The van der Waals surface area contributed by atoms with Crippen LogP contribution < -0.4 is 10.1 Å². The third-order valence-electron chi connectivity index (χ3n) is 4.92. The molecule has 2 aromatic carbocycles. The summed E-state index contributed by atoms with van der Waals surface area (Å²) < 4.78 is 5.71. The van der Waals surface area contributed by atoms with E-state index in [1.165, 1.54) is 0 Å². The van der Waals surface area contributed by atoms with Crippen LogP contribution in [0.2, 0.25) is 0 Å². The number of aryl methyl sites for hydroxylation is 1. The molecule has 162 valence electrons. The van der Waals surface area contributed by atoms with Crippen LogP contribution in [0.25, 0.3) is 0 Å². The first kappa shape index (κ1) is 22.5. The Balaban J connectivity index is 1.50. The van der Waals surface area contributed by atoms with Gasteiger partial charge in [0.1, 0.15) is 12.4 Å². The molecule has 3 rings (SSSR count). The number of nitrogens with zero attached hydrogens (tertiary/aromatic N) is 2. The Bertz CT molecular complexity index is 1030. The van der Waals surface area contributed by atoms with Gasteiger partial charge in [-0.25, -0.2) is 4.98 Å². The highest BCUT2D eigenvalue weighted by atomic mass is 32.1. The monoisotopic (exact) mass is 437 g/mol. The number of aromatic nitrogens is 1. The molecule has 0 aliphatic carbocycles. The second kappa shape index (κ2) is 10.2. The Morgan fingerprint density at radius 2 is 1.71 bits per heavy atom. The first-order valence-electron chi connectivity index (χ1n) is 10.1. The molecule has 0 saturated carbocycles. The smallest absolute Gasteiger partial charge is 0.253 e. The summed E-state index contributed by atoms with van der Waals surface area (Å²) >= 11 is 1.59. The minimum atomic E-state index is -0.165. The van der Waals surface area contributed by atoms with Gasteiger partial charge < -0.3 is 15.0 Å². The quantitative estimate of drug-likeness (QED) is 0.566. The second-order valence-electron chi connectivity index (χ2n) is 7.56. The number of carbonyl (C=O) groups is 2. The number of hydrogen-bond donors (Lipinski definition) is 1. The highest BCUT2D eigenvalue weighted by molar-refractivity contribution is 7.09. The minimum absolute atomic E-state index is 0.0159. The van der Waals surface area contributed by atoms with E-state index in [9.17, 15) is 9.59 Å². The van der Waals surface area contributed by atoms with E-state index in [2.05, 4.69) is 10.3 Å². The number of amides is 2. The Hall–Kier alpha value is -3.19. The number of hydrogen-bond acceptors (Lipinski definition) is 5. The predicted octanol–water partition coefficient (Wildman–Crippen LogP) is 4.44. The molecule has 0 bridgehead atoms. The maximum atomic E-state index is 12.4. The number of thiazole rings is 1. The van der Waals surface area contributed by atoms with Gasteiger partial charge in [-0.15, -0.1) is 11.3 Å². The molecule has 0 atom stereocenters. The van der Waals surface area contributed by atoms with Crippen LogP contribution in [0.5, 0.6) is 5.75 Å². The topological polar surface area (TPSA) is 71.5 Å². The van der Waals surface area contributed by atoms with Crippen LogP contribution in [0.4, 0.5) is 0 Å². The van der Waals surface area contributed by atoms with E-state index in [-0.39, 0.29) is 17.9 Å². The van der Waals surface area contributed by atoms with Crippen LogP contribution in [-0.2, 0) is 13.2 Å². The van der Waals surface area contributed by atoms with E-state index < -0.39 is 0 Å². The molecular weight excluding hydrogens is 410 g/mol. The molecule has 2 amide bonds. The summed E-state index contributed by atoms with van der Waals surface area (Å²) in [6, 6.07) is 14.5. The number of rotatable bonds is 8. The molecule has 31 heavy (non-hydrogen) atoms. The molecule has 0 radical (unpaired) electrons. The maximum Gasteiger partial charge on any atom is 0.253 e. The van der Waals surface area contributed by atoms with Crippen LogP contribution in [0.3, 0.4) is 0 Å². The van der Waals surface area contributed by atoms with E-state index in [0.717, 1.165) is 16.3 Å². The van der Waals surface area contributed by atoms with E-state index >= 15 is 0 Å². The largest absolute Gasteiger partial charge is 0.487 e. The Labute approximate surface area is 186 Å². The van der Waals surface area contributed by atoms with E-state index in [4.69, 9.17) is 4.74 Å². The third-order valence-corrected chi connectivity index (χ3v) is 5.74. The lowest BCUT2D eigenvalue weighted by atomic mass is 10.1. The Morgan fingerprint density at radius 3 is 2.29 bits per heavy atom. The molecule has 0 saturated heterocycles. The van der Waals surface area contributed by atoms with Crippen molar-refractivity contribution in [1.29, 1.82) is 0 Å². The molecule has 1 aromatic heterocycles. The SMILES string of the molecule is Cc1nc(COc2ccc(C(=O)NCc3ccc(C(=O)N(C)C(C)C)cc3)cc2)cs1. The fourth-order valence-corrected chi connectivity index (χ4v) is 3.42. The summed E-state index contributed by atoms with van der Waals surface area (Å²) in [4.78, 5) is 30.8. The molecule has 0 aliphatic rings. The fraction of sp³-hybridized carbons (Fsp3) is 0.292. The van der Waals surface area contributed by atoms with Gasteiger partial charge in [0.2, 0.25) is 0 Å². The second-order valence-corrected chi connectivity index (χ2v) is 8.62. The highest BCUT2D eigenvalue weighted by Gasteiger charge is 2.14. The van der Waals surface area contributed by atoms with Gasteiger partial charge >= 0.3 is 0 Å². The summed E-state index contributed by atoms with van der Waals surface area (Å²) in [5, 5.41) is 5.88. The van der Waals surface area contributed by atoms with Gasteiger partial charge in [0.05, 0.1) is 10.7 Å². The molecule has 0 aliphatic heterocycles. The van der Waals surface area contributed by atoms with Crippen molar-refractivity contribution in [1.82, 2.24) is 15.2 Å². The van der Waals surface area contributed by atoms with E-state index in [1.54, 1.807) is 59.7 Å². The Morgan fingerprint density at radius 1 is 1.06 bits per heavy atom. The van der Waals surface area contributed by atoms with Crippen molar-refractivity contribution in [2.24, 2.45) is 0 Å². The standard InChI is InChI=1S/C24H27N3O3S/c1-16(2)27(4)24(29)20-7-5-18(6-8-20)13-25-23(28)19-9-11-22(12-10-19)30-14-21-15-31-17(3)26-21/h5-12,15-16H,13-14H2,1-4H3,(H,25,28). The van der Waals surface area contributed by atoms with E-state index in [0.29, 0.717) is 30.0 Å². The number of ether oxygens (including phenoxy) is 1. The van der Waals surface area contributed by atoms with Crippen molar-refractivity contribution in [3.63, 3.8) is 0 Å². The van der Waals surface area contributed by atoms with Crippen LogP contribution in [0.15, 0.2) is 53.9 Å². The zero-order valence-electron chi connectivity index (χ0n) is 18.2. The summed E-state index contributed by atoms with van der Waals surface area (Å²) in [6.45, 7) is 6.70. The van der Waals surface area contributed by atoms with Crippen molar-refractivity contribution < 1.29 is 14.3 Å². The van der Waals surface area contributed by atoms with Gasteiger partial charge in [0, 0.05) is 36.1 Å². The molecule has 0 unspecified atom stereocenters. The molecule has 7 heteroatoms.